The van der Waals surface area contributed by atoms with Crippen LogP contribution >= 0.6 is 12.2 Å². The average Bonchev–Trinajstić information content (AvgIpc) is 2.63. The van der Waals surface area contributed by atoms with E-state index in [4.69, 9.17) is 12.2 Å². The number of sulfonamides is 1. The van der Waals surface area contributed by atoms with Gasteiger partial charge in [-0.3, -0.25) is 4.72 Å². The van der Waals surface area contributed by atoms with Gasteiger partial charge in [-0.2, -0.15) is 0 Å². The molecule has 0 radical (unpaired) electrons. The number of anilines is 1. The highest BCUT2D eigenvalue weighted by Gasteiger charge is 2.22. The summed E-state index contributed by atoms with van der Waals surface area (Å²) >= 11 is 5.29. The Morgan fingerprint density at radius 3 is 2.00 bits per heavy atom. The van der Waals surface area contributed by atoms with Gasteiger partial charge < -0.3 is 9.80 Å². The molecule has 0 aromatic heterocycles. The molecule has 0 atom stereocenters. The van der Waals surface area contributed by atoms with Crippen molar-refractivity contribution in [1.29, 1.82) is 0 Å². The molecule has 3 rings (SSSR count). The standard InChI is InChI=1S/C17H19N3O2S2/c21-24(22,16-9-5-2-6-10-16)18-17(23)20-13-11-19(12-14-20)15-7-3-1-4-8-15/h1-10H,11-14H2,(H,18,23). The van der Waals surface area contributed by atoms with E-state index in [1.807, 2.05) is 23.1 Å². The Bertz CT molecular complexity index is 787. The van der Waals surface area contributed by atoms with Crippen molar-refractivity contribution in [2.75, 3.05) is 31.1 Å². The molecule has 0 spiro atoms. The molecule has 1 aliphatic rings. The predicted molar refractivity (Wildman–Crippen MR) is 99.6 cm³/mol. The van der Waals surface area contributed by atoms with Crippen LogP contribution < -0.4 is 9.62 Å². The topological polar surface area (TPSA) is 52.7 Å². The molecule has 0 aliphatic carbocycles. The first kappa shape index (κ1) is 16.7. The third-order valence-corrected chi connectivity index (χ3v) is 5.81. The Balaban J connectivity index is 1.60. The van der Waals surface area contributed by atoms with Gasteiger partial charge in [0, 0.05) is 31.9 Å². The lowest BCUT2D eigenvalue weighted by atomic mass is 10.2. The molecule has 0 saturated carbocycles. The second kappa shape index (κ2) is 7.19. The van der Waals surface area contributed by atoms with Crippen molar-refractivity contribution in [2.45, 2.75) is 4.90 Å². The first-order valence-corrected chi connectivity index (χ1v) is 9.62. The molecular weight excluding hydrogens is 342 g/mol. The van der Waals surface area contributed by atoms with Crippen LogP contribution in [-0.2, 0) is 10.0 Å². The second-order valence-corrected chi connectivity index (χ2v) is 7.60. The summed E-state index contributed by atoms with van der Waals surface area (Å²) in [6, 6.07) is 18.4. The van der Waals surface area contributed by atoms with Crippen LogP contribution in [0.15, 0.2) is 65.6 Å². The van der Waals surface area contributed by atoms with Crippen molar-refractivity contribution in [3.05, 3.63) is 60.7 Å². The maximum atomic E-state index is 12.3. The van der Waals surface area contributed by atoms with Crippen LogP contribution in [0.4, 0.5) is 5.69 Å². The minimum atomic E-state index is -3.62. The monoisotopic (exact) mass is 361 g/mol. The van der Waals surface area contributed by atoms with E-state index in [2.05, 4.69) is 21.8 Å². The maximum absolute atomic E-state index is 12.3. The molecule has 0 unspecified atom stereocenters. The number of benzene rings is 2. The van der Waals surface area contributed by atoms with Crippen molar-refractivity contribution in [2.24, 2.45) is 0 Å². The molecule has 1 aliphatic heterocycles. The normalized spacial score (nSPS) is 15.2. The summed E-state index contributed by atoms with van der Waals surface area (Å²) in [5.74, 6) is 0. The lowest BCUT2D eigenvalue weighted by Gasteiger charge is -2.37. The number of thiocarbonyl (C=S) groups is 1. The molecule has 1 heterocycles. The Hall–Kier alpha value is -2.12. The predicted octanol–water partition coefficient (Wildman–Crippen LogP) is 2.07. The van der Waals surface area contributed by atoms with Gasteiger partial charge in [-0.15, -0.1) is 0 Å². The molecule has 0 bridgehead atoms. The zero-order valence-electron chi connectivity index (χ0n) is 13.1. The van der Waals surface area contributed by atoms with Crippen LogP contribution in [-0.4, -0.2) is 44.6 Å². The van der Waals surface area contributed by atoms with Crippen LogP contribution in [0, 0.1) is 0 Å². The summed E-state index contributed by atoms with van der Waals surface area (Å²) in [6.07, 6.45) is 0. The SMILES string of the molecule is O=S(=O)(NC(=S)N1CCN(c2ccccc2)CC1)c1ccccc1. The number of hydrogen-bond acceptors (Lipinski definition) is 4. The summed E-state index contributed by atoms with van der Waals surface area (Å²) in [7, 11) is -3.62. The Labute approximate surface area is 147 Å². The largest absolute Gasteiger partial charge is 0.368 e. The van der Waals surface area contributed by atoms with Crippen LogP contribution in [0.25, 0.3) is 0 Å². The van der Waals surface area contributed by atoms with Crippen molar-refractivity contribution >= 4 is 33.0 Å². The molecule has 7 heteroatoms. The smallest absolute Gasteiger partial charge is 0.263 e. The highest BCUT2D eigenvalue weighted by Crippen LogP contribution is 2.16. The number of para-hydroxylation sites is 1. The van der Waals surface area contributed by atoms with Gasteiger partial charge >= 0.3 is 0 Å². The third kappa shape index (κ3) is 3.85. The quantitative estimate of drug-likeness (QED) is 0.849. The lowest BCUT2D eigenvalue weighted by Crippen LogP contribution is -2.52. The van der Waals surface area contributed by atoms with Crippen molar-refractivity contribution in [3.8, 4) is 0 Å². The Morgan fingerprint density at radius 2 is 1.42 bits per heavy atom. The highest BCUT2D eigenvalue weighted by molar-refractivity contribution is 7.91. The van der Waals surface area contributed by atoms with Gasteiger partial charge in [0.05, 0.1) is 4.90 Å². The minimum Gasteiger partial charge on any atom is -0.368 e. The first-order valence-electron chi connectivity index (χ1n) is 7.73. The molecule has 24 heavy (non-hydrogen) atoms. The van der Waals surface area contributed by atoms with E-state index in [0.717, 1.165) is 13.1 Å². The first-order chi connectivity index (χ1) is 11.6. The summed E-state index contributed by atoms with van der Waals surface area (Å²) in [5, 5.41) is 0.256. The fourth-order valence-corrected chi connectivity index (χ4v) is 4.15. The van der Waals surface area contributed by atoms with Crippen molar-refractivity contribution < 1.29 is 8.42 Å². The zero-order valence-corrected chi connectivity index (χ0v) is 14.8. The molecule has 2 aromatic rings. The Kier molecular flexibility index (Phi) is 5.01. The average molecular weight is 361 g/mol. The number of piperazine rings is 1. The highest BCUT2D eigenvalue weighted by atomic mass is 32.2. The molecule has 5 nitrogen and oxygen atoms in total. The molecular formula is C17H19N3O2S2. The molecule has 1 saturated heterocycles. The van der Waals surface area contributed by atoms with Gasteiger partial charge in [-0.05, 0) is 36.5 Å². The third-order valence-electron chi connectivity index (χ3n) is 3.96. The molecule has 126 valence electrons. The van der Waals surface area contributed by atoms with Gasteiger partial charge in [0.15, 0.2) is 5.11 Å². The van der Waals surface area contributed by atoms with E-state index >= 15 is 0 Å². The van der Waals surface area contributed by atoms with Gasteiger partial charge in [0.25, 0.3) is 10.0 Å². The number of rotatable bonds is 3. The van der Waals surface area contributed by atoms with Crippen LogP contribution in [0.3, 0.4) is 0 Å². The van der Waals surface area contributed by atoms with Crippen LogP contribution in [0.1, 0.15) is 0 Å². The maximum Gasteiger partial charge on any atom is 0.263 e. The molecule has 1 N–H and O–H groups in total. The number of nitrogens with one attached hydrogen (secondary N) is 1. The van der Waals surface area contributed by atoms with E-state index in [1.54, 1.807) is 30.3 Å². The van der Waals surface area contributed by atoms with Gasteiger partial charge in [0.2, 0.25) is 0 Å². The summed E-state index contributed by atoms with van der Waals surface area (Å²) in [6.45, 7) is 2.98. The summed E-state index contributed by atoms with van der Waals surface area (Å²) in [4.78, 5) is 4.38. The van der Waals surface area contributed by atoms with E-state index in [9.17, 15) is 8.42 Å². The Morgan fingerprint density at radius 1 is 0.875 bits per heavy atom. The van der Waals surface area contributed by atoms with Crippen LogP contribution in [0.5, 0.6) is 0 Å². The lowest BCUT2D eigenvalue weighted by molar-refractivity contribution is 0.385. The summed E-state index contributed by atoms with van der Waals surface area (Å²) < 4.78 is 27.2. The van der Waals surface area contributed by atoms with E-state index in [-0.39, 0.29) is 10.0 Å². The van der Waals surface area contributed by atoms with Gasteiger partial charge in [0.1, 0.15) is 0 Å². The number of nitrogens with zero attached hydrogens (tertiary/aromatic N) is 2. The fraction of sp³-hybridized carbons (Fsp3) is 0.235. The van der Waals surface area contributed by atoms with E-state index in [0.29, 0.717) is 13.1 Å². The summed E-state index contributed by atoms with van der Waals surface area (Å²) in [5.41, 5.74) is 1.17. The molecule has 2 aromatic carbocycles. The van der Waals surface area contributed by atoms with E-state index in [1.165, 1.54) is 5.69 Å². The van der Waals surface area contributed by atoms with E-state index < -0.39 is 10.0 Å². The van der Waals surface area contributed by atoms with Gasteiger partial charge in [-0.1, -0.05) is 36.4 Å². The molecule has 1 fully saturated rings. The second-order valence-electron chi connectivity index (χ2n) is 5.53. The minimum absolute atomic E-state index is 0.218. The van der Waals surface area contributed by atoms with Gasteiger partial charge in [-0.25, -0.2) is 8.42 Å². The van der Waals surface area contributed by atoms with Crippen LogP contribution in [0.2, 0.25) is 0 Å². The number of hydrogen-bond donors (Lipinski definition) is 1. The fourth-order valence-electron chi connectivity index (χ4n) is 2.64. The zero-order chi connectivity index (χ0) is 17.0. The molecule has 0 amide bonds. The van der Waals surface area contributed by atoms with Crippen molar-refractivity contribution in [3.63, 3.8) is 0 Å². The van der Waals surface area contributed by atoms with Crippen molar-refractivity contribution in [1.82, 2.24) is 9.62 Å².